The van der Waals surface area contributed by atoms with E-state index in [4.69, 9.17) is 11.6 Å². The van der Waals surface area contributed by atoms with Crippen LogP contribution in [0.5, 0.6) is 0 Å². The minimum absolute atomic E-state index is 0.177. The van der Waals surface area contributed by atoms with Crippen LogP contribution < -0.4 is 16.6 Å². The van der Waals surface area contributed by atoms with Gasteiger partial charge in [-0.15, -0.1) is 11.3 Å². The fourth-order valence-corrected chi connectivity index (χ4v) is 4.21. The normalized spacial score (nSPS) is 11.1. The molecule has 0 fully saturated rings. The number of rotatable bonds is 4. The molecule has 158 valence electrons. The molecule has 0 aliphatic heterocycles. The lowest BCUT2D eigenvalue weighted by Gasteiger charge is -2.14. The van der Waals surface area contributed by atoms with Crippen molar-refractivity contribution in [3.8, 4) is 5.69 Å². The minimum atomic E-state index is -0.937. The Bertz CT molecular complexity index is 1440. The predicted molar refractivity (Wildman–Crippen MR) is 116 cm³/mol. The third-order valence-corrected chi connectivity index (χ3v) is 6.00. The van der Waals surface area contributed by atoms with E-state index in [0.717, 1.165) is 28.0 Å². The van der Waals surface area contributed by atoms with Crippen LogP contribution in [0.3, 0.4) is 0 Å². The molecular weight excluding hydrogens is 448 g/mol. The highest BCUT2D eigenvalue weighted by atomic mass is 35.5. The van der Waals surface area contributed by atoms with Gasteiger partial charge < -0.3 is 5.32 Å². The summed E-state index contributed by atoms with van der Waals surface area (Å²) in [4.78, 5) is 38.6. The van der Waals surface area contributed by atoms with Gasteiger partial charge in [-0.25, -0.2) is 18.1 Å². The number of aromatic nitrogens is 2. The summed E-state index contributed by atoms with van der Waals surface area (Å²) < 4.78 is 29.4. The number of fused-ring (bicyclic) bond motifs is 1. The van der Waals surface area contributed by atoms with E-state index in [9.17, 15) is 23.2 Å². The van der Waals surface area contributed by atoms with E-state index in [-0.39, 0.29) is 15.9 Å². The Labute approximate surface area is 182 Å². The molecule has 0 aliphatic rings. The van der Waals surface area contributed by atoms with Gasteiger partial charge >= 0.3 is 5.69 Å². The Morgan fingerprint density at radius 2 is 1.84 bits per heavy atom. The van der Waals surface area contributed by atoms with Crippen molar-refractivity contribution < 1.29 is 13.6 Å². The molecule has 0 bridgehead atoms. The molecule has 1 amide bonds. The number of amides is 1. The van der Waals surface area contributed by atoms with Crippen molar-refractivity contribution in [3.63, 3.8) is 0 Å². The van der Waals surface area contributed by atoms with Crippen LogP contribution in [-0.2, 0) is 11.3 Å². The number of hydrogen-bond donors (Lipinski definition) is 1. The highest BCUT2D eigenvalue weighted by Crippen LogP contribution is 2.23. The average molecular weight is 462 g/mol. The molecule has 0 spiro atoms. The number of carbonyl (C=O) groups is 1. The van der Waals surface area contributed by atoms with Crippen LogP contribution in [0.1, 0.15) is 5.56 Å². The zero-order valence-electron chi connectivity index (χ0n) is 16.0. The van der Waals surface area contributed by atoms with E-state index in [2.05, 4.69) is 5.32 Å². The van der Waals surface area contributed by atoms with Gasteiger partial charge in [-0.3, -0.25) is 14.2 Å². The molecule has 31 heavy (non-hydrogen) atoms. The summed E-state index contributed by atoms with van der Waals surface area (Å²) in [6, 6.07) is 8.95. The van der Waals surface area contributed by atoms with Crippen molar-refractivity contribution in [3.05, 3.63) is 90.9 Å². The maximum absolute atomic E-state index is 13.7. The number of halogens is 3. The number of hydrogen-bond acceptors (Lipinski definition) is 4. The smallest absolute Gasteiger partial charge is 0.324 e. The van der Waals surface area contributed by atoms with Crippen LogP contribution in [0.4, 0.5) is 14.5 Å². The van der Waals surface area contributed by atoms with Crippen molar-refractivity contribution in [2.75, 3.05) is 5.32 Å². The van der Waals surface area contributed by atoms with E-state index in [1.165, 1.54) is 6.07 Å². The van der Waals surface area contributed by atoms with E-state index < -0.39 is 35.3 Å². The number of carbonyl (C=O) groups excluding carboxylic acids is 1. The predicted octanol–water partition coefficient (Wildman–Crippen LogP) is 4.09. The first-order chi connectivity index (χ1) is 14.8. The molecule has 0 saturated heterocycles. The molecule has 0 radical (unpaired) electrons. The second kappa shape index (κ2) is 8.09. The van der Waals surface area contributed by atoms with E-state index in [0.29, 0.717) is 26.9 Å². The Balaban J connectivity index is 1.82. The van der Waals surface area contributed by atoms with Crippen LogP contribution >= 0.6 is 22.9 Å². The van der Waals surface area contributed by atoms with Crippen LogP contribution in [0.2, 0.25) is 5.02 Å². The monoisotopic (exact) mass is 461 g/mol. The van der Waals surface area contributed by atoms with Gasteiger partial charge in [0.2, 0.25) is 5.91 Å². The quantitative estimate of drug-likeness (QED) is 0.497. The van der Waals surface area contributed by atoms with Gasteiger partial charge in [0.05, 0.1) is 11.2 Å². The Kier molecular flexibility index (Phi) is 5.47. The first-order valence-electron chi connectivity index (χ1n) is 9.01. The first kappa shape index (κ1) is 21.0. The number of benzene rings is 2. The lowest BCUT2D eigenvalue weighted by Crippen LogP contribution is -2.40. The zero-order chi connectivity index (χ0) is 22.3. The van der Waals surface area contributed by atoms with Crippen molar-refractivity contribution in [2.45, 2.75) is 13.5 Å². The first-order valence-corrected chi connectivity index (χ1v) is 10.3. The Hall–Kier alpha value is -3.30. The highest BCUT2D eigenvalue weighted by molar-refractivity contribution is 7.17. The van der Waals surface area contributed by atoms with E-state index in [1.807, 2.05) is 0 Å². The second-order valence-corrected chi connectivity index (χ2v) is 8.06. The summed E-state index contributed by atoms with van der Waals surface area (Å²) in [6.45, 7) is 1.32. The molecule has 0 unspecified atom stereocenters. The lowest BCUT2D eigenvalue weighted by atomic mass is 10.2. The standard InChI is InChI=1S/C21H14ClF2N3O3S/c1-11-15(22)3-2-4-16(11)25-18(28)10-26-17-5-6-31-19(17)20(29)27(21(26)30)14-8-12(23)7-13(24)9-14/h2-9H,10H2,1H3,(H,25,28). The average Bonchev–Trinajstić information content (AvgIpc) is 3.18. The minimum Gasteiger partial charge on any atom is -0.324 e. The summed E-state index contributed by atoms with van der Waals surface area (Å²) in [5, 5.41) is 4.75. The highest BCUT2D eigenvalue weighted by Gasteiger charge is 2.19. The molecule has 2 aromatic carbocycles. The molecule has 4 aromatic rings. The second-order valence-electron chi connectivity index (χ2n) is 6.73. The fourth-order valence-electron chi connectivity index (χ4n) is 3.21. The zero-order valence-corrected chi connectivity index (χ0v) is 17.6. The summed E-state index contributed by atoms with van der Waals surface area (Å²) in [5.74, 6) is -2.41. The number of nitrogens with zero attached hydrogens (tertiary/aromatic N) is 2. The fraction of sp³-hybridized carbons (Fsp3) is 0.0952. The molecule has 10 heteroatoms. The summed E-state index contributed by atoms with van der Waals surface area (Å²) in [7, 11) is 0. The van der Waals surface area contributed by atoms with Gasteiger partial charge in [0.1, 0.15) is 22.9 Å². The molecule has 0 saturated carbocycles. The van der Waals surface area contributed by atoms with Crippen molar-refractivity contribution in [2.24, 2.45) is 0 Å². The SMILES string of the molecule is Cc1c(Cl)cccc1NC(=O)Cn1c(=O)n(-c2cc(F)cc(F)c2)c(=O)c2sccc21. The molecule has 0 aliphatic carbocycles. The number of nitrogens with one attached hydrogen (secondary N) is 1. The van der Waals surface area contributed by atoms with Crippen molar-refractivity contribution in [1.29, 1.82) is 0 Å². The van der Waals surface area contributed by atoms with Crippen molar-refractivity contribution in [1.82, 2.24) is 9.13 Å². The third kappa shape index (κ3) is 3.89. The summed E-state index contributed by atoms with van der Waals surface area (Å²) in [6.07, 6.45) is 0. The maximum atomic E-state index is 13.7. The third-order valence-electron chi connectivity index (χ3n) is 4.70. The Morgan fingerprint density at radius 3 is 2.55 bits per heavy atom. The van der Waals surface area contributed by atoms with Gasteiger partial charge in [-0.1, -0.05) is 17.7 Å². The molecule has 0 atom stereocenters. The largest absolute Gasteiger partial charge is 0.336 e. The molecule has 2 heterocycles. The summed E-state index contributed by atoms with van der Waals surface area (Å²) >= 11 is 7.13. The molecule has 4 rings (SSSR count). The molecular formula is C21H14ClF2N3O3S. The van der Waals surface area contributed by atoms with Gasteiger partial charge in [0.25, 0.3) is 5.56 Å². The molecule has 6 nitrogen and oxygen atoms in total. The van der Waals surface area contributed by atoms with Crippen LogP contribution in [-0.4, -0.2) is 15.0 Å². The maximum Gasteiger partial charge on any atom is 0.336 e. The summed E-state index contributed by atoms with van der Waals surface area (Å²) in [5.41, 5.74) is -0.478. The topological polar surface area (TPSA) is 73.1 Å². The molecule has 2 aromatic heterocycles. The van der Waals surface area contributed by atoms with Crippen LogP contribution in [0.25, 0.3) is 15.9 Å². The van der Waals surface area contributed by atoms with Crippen LogP contribution in [0.15, 0.2) is 57.4 Å². The van der Waals surface area contributed by atoms with Crippen molar-refractivity contribution >= 4 is 44.7 Å². The van der Waals surface area contributed by atoms with E-state index in [1.54, 1.807) is 30.5 Å². The Morgan fingerprint density at radius 1 is 1.13 bits per heavy atom. The van der Waals surface area contributed by atoms with Gasteiger partial charge in [-0.2, -0.15) is 0 Å². The molecule has 1 N–H and O–H groups in total. The van der Waals surface area contributed by atoms with Gasteiger partial charge in [0, 0.05) is 16.8 Å². The van der Waals surface area contributed by atoms with E-state index >= 15 is 0 Å². The lowest BCUT2D eigenvalue weighted by molar-refractivity contribution is -0.116. The van der Waals surface area contributed by atoms with Gasteiger partial charge in [0.15, 0.2) is 0 Å². The van der Waals surface area contributed by atoms with Crippen LogP contribution in [0, 0.1) is 18.6 Å². The number of thiophene rings is 1. The van der Waals surface area contributed by atoms with Gasteiger partial charge in [-0.05, 0) is 48.2 Å². The number of anilines is 1.